The summed E-state index contributed by atoms with van der Waals surface area (Å²) < 4.78 is 6.54. The van der Waals surface area contributed by atoms with Gasteiger partial charge in [-0.15, -0.1) is 0 Å². The molecule has 0 bridgehead atoms. The van der Waals surface area contributed by atoms with Gasteiger partial charge in [0.2, 0.25) is 11.8 Å². The third kappa shape index (κ3) is 4.99. The van der Waals surface area contributed by atoms with E-state index in [0.717, 1.165) is 10.0 Å². The number of hydrogen-bond donors (Lipinski definition) is 1. The zero-order valence-corrected chi connectivity index (χ0v) is 18.7. The number of para-hydroxylation sites is 2. The summed E-state index contributed by atoms with van der Waals surface area (Å²) in [6, 6.07) is 12.8. The lowest BCUT2D eigenvalue weighted by molar-refractivity contribution is -0.133. The molecule has 30 heavy (non-hydrogen) atoms. The van der Waals surface area contributed by atoms with Crippen molar-refractivity contribution >= 4 is 45.0 Å². The van der Waals surface area contributed by atoms with Crippen LogP contribution in [0.1, 0.15) is 18.9 Å². The van der Waals surface area contributed by atoms with E-state index in [1.807, 2.05) is 37.3 Å². The fourth-order valence-corrected chi connectivity index (χ4v) is 3.72. The summed E-state index contributed by atoms with van der Waals surface area (Å²) in [7, 11) is 1.58. The zero-order chi connectivity index (χ0) is 21.8. The third-order valence-corrected chi connectivity index (χ3v) is 5.39. The van der Waals surface area contributed by atoms with Gasteiger partial charge < -0.3 is 19.9 Å². The first kappa shape index (κ1) is 21.8. The number of benzene rings is 2. The Morgan fingerprint density at radius 1 is 1.23 bits per heavy atom. The number of nitrogens with zero attached hydrogens (tertiary/aromatic N) is 2. The normalized spacial score (nSPS) is 15.3. The van der Waals surface area contributed by atoms with Crippen molar-refractivity contribution in [3.8, 4) is 5.75 Å². The molecule has 1 atom stereocenters. The average Bonchev–Trinajstić information content (AvgIpc) is 2.70. The highest BCUT2D eigenvalue weighted by molar-refractivity contribution is 9.10. The van der Waals surface area contributed by atoms with Crippen molar-refractivity contribution in [2.45, 2.75) is 26.4 Å². The van der Waals surface area contributed by atoms with Gasteiger partial charge >= 0.3 is 0 Å². The first-order valence-corrected chi connectivity index (χ1v) is 10.4. The SMILES string of the molecule is Cc1cc(Br)ccc1NC(=O)CN(C)C(=O)CCN1C(=O)C(C)Oc2ccccc21. The second-order valence-corrected chi connectivity index (χ2v) is 8.14. The van der Waals surface area contributed by atoms with Crippen LogP contribution in [0, 0.1) is 6.92 Å². The van der Waals surface area contributed by atoms with E-state index in [4.69, 9.17) is 4.74 Å². The molecule has 0 aliphatic carbocycles. The Morgan fingerprint density at radius 2 is 1.97 bits per heavy atom. The predicted octanol–water partition coefficient (Wildman–Crippen LogP) is 3.36. The van der Waals surface area contributed by atoms with Crippen LogP contribution < -0.4 is 15.0 Å². The maximum absolute atomic E-state index is 12.6. The fourth-order valence-electron chi connectivity index (χ4n) is 3.25. The van der Waals surface area contributed by atoms with E-state index in [1.54, 1.807) is 31.0 Å². The number of carbonyl (C=O) groups excluding carboxylic acids is 3. The van der Waals surface area contributed by atoms with Gasteiger partial charge in [-0.1, -0.05) is 28.1 Å². The van der Waals surface area contributed by atoms with E-state index in [2.05, 4.69) is 21.2 Å². The molecule has 1 heterocycles. The van der Waals surface area contributed by atoms with E-state index < -0.39 is 6.10 Å². The number of nitrogens with one attached hydrogen (secondary N) is 1. The van der Waals surface area contributed by atoms with Gasteiger partial charge in [0.05, 0.1) is 12.2 Å². The first-order valence-electron chi connectivity index (χ1n) is 9.63. The van der Waals surface area contributed by atoms with Gasteiger partial charge in [-0.2, -0.15) is 0 Å². The Balaban J connectivity index is 1.57. The van der Waals surface area contributed by atoms with Gasteiger partial charge in [-0.3, -0.25) is 14.4 Å². The van der Waals surface area contributed by atoms with E-state index in [-0.39, 0.29) is 37.2 Å². The lowest BCUT2D eigenvalue weighted by atomic mass is 10.1. The number of carbonyl (C=O) groups is 3. The summed E-state index contributed by atoms with van der Waals surface area (Å²) in [5.41, 5.74) is 2.28. The zero-order valence-electron chi connectivity index (χ0n) is 17.1. The minimum absolute atomic E-state index is 0.0710. The quantitative estimate of drug-likeness (QED) is 0.697. The molecule has 0 fully saturated rings. The van der Waals surface area contributed by atoms with Gasteiger partial charge in [0, 0.05) is 30.2 Å². The largest absolute Gasteiger partial charge is 0.479 e. The molecule has 0 aromatic heterocycles. The van der Waals surface area contributed by atoms with Crippen molar-refractivity contribution in [3.05, 3.63) is 52.5 Å². The van der Waals surface area contributed by atoms with Crippen LogP contribution >= 0.6 is 15.9 Å². The Hall–Kier alpha value is -2.87. The van der Waals surface area contributed by atoms with E-state index >= 15 is 0 Å². The lowest BCUT2D eigenvalue weighted by Crippen LogP contribution is -2.46. The molecule has 2 aromatic rings. The van der Waals surface area contributed by atoms with Crippen molar-refractivity contribution in [2.75, 3.05) is 30.4 Å². The number of anilines is 2. The van der Waals surface area contributed by atoms with Crippen LogP contribution in [0.3, 0.4) is 0 Å². The highest BCUT2D eigenvalue weighted by atomic mass is 79.9. The molecule has 0 spiro atoms. The Bertz CT molecular complexity index is 979. The molecule has 1 aliphatic heterocycles. The molecule has 0 saturated heterocycles. The van der Waals surface area contributed by atoms with E-state index in [0.29, 0.717) is 17.1 Å². The molecule has 0 radical (unpaired) electrons. The molecule has 0 saturated carbocycles. The molecule has 158 valence electrons. The summed E-state index contributed by atoms with van der Waals surface area (Å²) >= 11 is 3.39. The molecule has 1 N–H and O–H groups in total. The topological polar surface area (TPSA) is 79.0 Å². The molecule has 8 heteroatoms. The van der Waals surface area contributed by atoms with Crippen LogP contribution in [-0.4, -0.2) is 48.9 Å². The standard InChI is InChI=1S/C22H24BrN3O4/c1-14-12-16(23)8-9-17(14)24-20(27)13-25(3)21(28)10-11-26-18-6-4-5-7-19(18)30-15(2)22(26)29/h4-9,12,15H,10-11,13H2,1-3H3,(H,24,27). The Labute approximate surface area is 184 Å². The first-order chi connectivity index (χ1) is 14.3. The fraction of sp³-hybridized carbons (Fsp3) is 0.318. The number of fused-ring (bicyclic) bond motifs is 1. The number of likely N-dealkylation sites (N-methyl/N-ethyl adjacent to an activating group) is 1. The van der Waals surface area contributed by atoms with E-state index in [1.165, 1.54) is 4.90 Å². The summed E-state index contributed by atoms with van der Waals surface area (Å²) in [6.45, 7) is 3.74. The van der Waals surface area contributed by atoms with Gasteiger partial charge in [0.25, 0.3) is 5.91 Å². The minimum atomic E-state index is -0.604. The molecular formula is C22H24BrN3O4. The molecule has 2 aromatic carbocycles. The van der Waals surface area contributed by atoms with Crippen LogP contribution in [0.15, 0.2) is 46.9 Å². The van der Waals surface area contributed by atoms with Gasteiger partial charge in [-0.25, -0.2) is 0 Å². The van der Waals surface area contributed by atoms with Crippen LogP contribution in [0.4, 0.5) is 11.4 Å². The molecule has 3 rings (SSSR count). The Morgan fingerprint density at radius 3 is 2.70 bits per heavy atom. The van der Waals surface area contributed by atoms with Crippen molar-refractivity contribution in [3.63, 3.8) is 0 Å². The summed E-state index contributed by atoms with van der Waals surface area (Å²) in [4.78, 5) is 40.3. The lowest BCUT2D eigenvalue weighted by Gasteiger charge is -2.33. The molecule has 3 amide bonds. The number of hydrogen-bond acceptors (Lipinski definition) is 4. The highest BCUT2D eigenvalue weighted by Gasteiger charge is 2.31. The summed E-state index contributed by atoms with van der Waals surface area (Å²) in [6.07, 6.45) is -0.499. The second-order valence-electron chi connectivity index (χ2n) is 7.22. The summed E-state index contributed by atoms with van der Waals surface area (Å²) in [5.74, 6) is -0.0675. The number of rotatable bonds is 6. The van der Waals surface area contributed by atoms with Crippen molar-refractivity contribution in [1.29, 1.82) is 0 Å². The number of ether oxygens (including phenoxy) is 1. The van der Waals surface area contributed by atoms with Gasteiger partial charge in [0.1, 0.15) is 5.75 Å². The molecule has 7 nitrogen and oxygen atoms in total. The third-order valence-electron chi connectivity index (χ3n) is 4.89. The van der Waals surface area contributed by atoms with Crippen molar-refractivity contribution in [2.24, 2.45) is 0 Å². The monoisotopic (exact) mass is 473 g/mol. The van der Waals surface area contributed by atoms with Gasteiger partial charge in [-0.05, 0) is 49.7 Å². The van der Waals surface area contributed by atoms with Crippen LogP contribution in [-0.2, 0) is 14.4 Å². The van der Waals surface area contributed by atoms with Crippen molar-refractivity contribution < 1.29 is 19.1 Å². The molecular weight excluding hydrogens is 450 g/mol. The number of amides is 3. The van der Waals surface area contributed by atoms with E-state index in [9.17, 15) is 14.4 Å². The van der Waals surface area contributed by atoms with Crippen molar-refractivity contribution in [1.82, 2.24) is 4.90 Å². The maximum Gasteiger partial charge on any atom is 0.267 e. The smallest absolute Gasteiger partial charge is 0.267 e. The Kier molecular flexibility index (Phi) is 6.77. The van der Waals surface area contributed by atoms with Crippen LogP contribution in [0.2, 0.25) is 0 Å². The second kappa shape index (κ2) is 9.30. The number of aryl methyl sites for hydroxylation is 1. The average molecular weight is 474 g/mol. The van der Waals surface area contributed by atoms with Gasteiger partial charge in [0.15, 0.2) is 6.10 Å². The van der Waals surface area contributed by atoms with Crippen LogP contribution in [0.25, 0.3) is 0 Å². The number of halogens is 1. The molecule has 1 unspecified atom stereocenters. The summed E-state index contributed by atoms with van der Waals surface area (Å²) in [5, 5.41) is 2.82. The predicted molar refractivity (Wildman–Crippen MR) is 119 cm³/mol. The van der Waals surface area contributed by atoms with Crippen LogP contribution in [0.5, 0.6) is 5.75 Å². The molecule has 1 aliphatic rings. The highest BCUT2D eigenvalue weighted by Crippen LogP contribution is 2.33. The maximum atomic E-state index is 12.6. The minimum Gasteiger partial charge on any atom is -0.479 e.